The fraction of sp³-hybridized carbons (Fsp3) is 0.417. The Bertz CT molecular complexity index is 401. The number of rotatable bonds is 5. The van der Waals surface area contributed by atoms with Gasteiger partial charge in [0.05, 0.1) is 12.1 Å². The summed E-state index contributed by atoms with van der Waals surface area (Å²) >= 11 is 0. The highest BCUT2D eigenvalue weighted by atomic mass is 19.1. The Hall–Kier alpha value is -1.62. The zero-order valence-corrected chi connectivity index (χ0v) is 9.28. The fourth-order valence-corrected chi connectivity index (χ4v) is 1.49. The van der Waals surface area contributed by atoms with Crippen molar-refractivity contribution < 1.29 is 19.0 Å². The van der Waals surface area contributed by atoms with E-state index in [1.165, 1.54) is 24.3 Å². The van der Waals surface area contributed by atoms with Crippen LogP contribution < -0.4 is 10.1 Å². The largest absolute Gasteiger partial charge is 0.484 e. The molecule has 0 spiro atoms. The van der Waals surface area contributed by atoms with E-state index >= 15 is 0 Å². The fourth-order valence-electron chi connectivity index (χ4n) is 1.49. The number of benzene rings is 1. The monoisotopic (exact) mass is 239 g/mol. The average molecular weight is 239 g/mol. The minimum Gasteiger partial charge on any atom is -0.484 e. The van der Waals surface area contributed by atoms with Crippen LogP contribution >= 0.6 is 0 Å². The van der Waals surface area contributed by atoms with Crippen molar-refractivity contribution in [3.05, 3.63) is 30.1 Å². The number of hydrogen-bond donors (Lipinski definition) is 2. The molecule has 0 unspecified atom stereocenters. The SMILES string of the molecule is O=C(COc1ccc(F)cc1)NC1(CO)CC1. The molecule has 1 aromatic rings. The van der Waals surface area contributed by atoms with E-state index in [4.69, 9.17) is 9.84 Å². The van der Waals surface area contributed by atoms with Crippen LogP contribution in [0.3, 0.4) is 0 Å². The number of nitrogens with one attached hydrogen (secondary N) is 1. The van der Waals surface area contributed by atoms with Gasteiger partial charge >= 0.3 is 0 Å². The number of aliphatic hydroxyl groups excluding tert-OH is 1. The maximum Gasteiger partial charge on any atom is 0.258 e. The molecule has 4 nitrogen and oxygen atoms in total. The van der Waals surface area contributed by atoms with Gasteiger partial charge in [-0.3, -0.25) is 4.79 Å². The van der Waals surface area contributed by atoms with Crippen LogP contribution in [0, 0.1) is 5.82 Å². The van der Waals surface area contributed by atoms with Crippen molar-refractivity contribution in [2.45, 2.75) is 18.4 Å². The third-order valence-corrected chi connectivity index (χ3v) is 2.74. The molecule has 2 N–H and O–H groups in total. The van der Waals surface area contributed by atoms with E-state index in [-0.39, 0.29) is 24.9 Å². The Morgan fingerprint density at radius 2 is 2.06 bits per heavy atom. The molecule has 0 aliphatic heterocycles. The molecule has 1 aliphatic rings. The quantitative estimate of drug-likeness (QED) is 0.800. The molecule has 1 fully saturated rings. The molecule has 0 aromatic heterocycles. The third kappa shape index (κ3) is 3.17. The molecule has 1 saturated carbocycles. The standard InChI is InChI=1S/C12H14FNO3/c13-9-1-3-10(4-2-9)17-7-11(16)14-12(8-15)5-6-12/h1-4,15H,5-8H2,(H,14,16). The van der Waals surface area contributed by atoms with E-state index in [1.807, 2.05) is 0 Å². The number of hydrogen-bond acceptors (Lipinski definition) is 3. The van der Waals surface area contributed by atoms with Crippen LogP contribution in [0.4, 0.5) is 4.39 Å². The van der Waals surface area contributed by atoms with Crippen molar-refractivity contribution in [3.63, 3.8) is 0 Å². The van der Waals surface area contributed by atoms with E-state index in [0.29, 0.717) is 5.75 Å². The Morgan fingerprint density at radius 3 is 2.59 bits per heavy atom. The minimum atomic E-state index is -0.427. The van der Waals surface area contributed by atoms with Gasteiger partial charge in [0, 0.05) is 0 Å². The Labute approximate surface area is 98.4 Å². The lowest BCUT2D eigenvalue weighted by molar-refractivity contribution is -0.124. The Kier molecular flexibility index (Phi) is 3.28. The second-order valence-corrected chi connectivity index (χ2v) is 4.23. The van der Waals surface area contributed by atoms with Crippen LogP contribution in [-0.2, 0) is 4.79 Å². The lowest BCUT2D eigenvalue weighted by Crippen LogP contribution is -2.42. The van der Waals surface area contributed by atoms with E-state index in [2.05, 4.69) is 5.32 Å². The first-order valence-electron chi connectivity index (χ1n) is 5.44. The average Bonchev–Trinajstić information content (AvgIpc) is 3.09. The lowest BCUT2D eigenvalue weighted by atomic mass is 10.3. The molecule has 92 valence electrons. The van der Waals surface area contributed by atoms with Crippen molar-refractivity contribution in [3.8, 4) is 5.75 Å². The van der Waals surface area contributed by atoms with Gasteiger partial charge < -0.3 is 15.2 Å². The van der Waals surface area contributed by atoms with Crippen LogP contribution in [0.1, 0.15) is 12.8 Å². The maximum atomic E-state index is 12.6. The number of carbonyl (C=O) groups is 1. The van der Waals surface area contributed by atoms with Crippen molar-refractivity contribution in [2.75, 3.05) is 13.2 Å². The molecule has 5 heteroatoms. The Morgan fingerprint density at radius 1 is 1.41 bits per heavy atom. The van der Waals surface area contributed by atoms with Gasteiger partial charge in [-0.15, -0.1) is 0 Å². The summed E-state index contributed by atoms with van der Waals surface area (Å²) in [5, 5.41) is 11.7. The Balaban J connectivity index is 1.78. The zero-order chi connectivity index (χ0) is 12.3. The van der Waals surface area contributed by atoms with E-state index in [9.17, 15) is 9.18 Å². The molecule has 0 heterocycles. The van der Waals surface area contributed by atoms with Crippen molar-refractivity contribution in [1.82, 2.24) is 5.32 Å². The summed E-state index contributed by atoms with van der Waals surface area (Å²) in [6.45, 7) is -0.178. The molecule has 0 radical (unpaired) electrons. The first-order valence-corrected chi connectivity index (χ1v) is 5.44. The topological polar surface area (TPSA) is 58.6 Å². The van der Waals surface area contributed by atoms with Gasteiger partial charge in [0.2, 0.25) is 0 Å². The predicted molar refractivity (Wildman–Crippen MR) is 59.1 cm³/mol. The maximum absolute atomic E-state index is 12.6. The normalized spacial score (nSPS) is 16.4. The molecule has 0 saturated heterocycles. The summed E-state index contributed by atoms with van der Waals surface area (Å²) in [7, 11) is 0. The van der Waals surface area contributed by atoms with Crippen LogP contribution in [0.2, 0.25) is 0 Å². The highest BCUT2D eigenvalue weighted by Crippen LogP contribution is 2.34. The van der Waals surface area contributed by atoms with Crippen molar-refractivity contribution in [2.24, 2.45) is 0 Å². The first kappa shape index (κ1) is 11.9. The van der Waals surface area contributed by atoms with Gasteiger partial charge in [0.1, 0.15) is 11.6 Å². The molecule has 0 atom stereocenters. The van der Waals surface area contributed by atoms with E-state index in [0.717, 1.165) is 12.8 Å². The van der Waals surface area contributed by atoms with Crippen LogP contribution in [0.25, 0.3) is 0 Å². The van der Waals surface area contributed by atoms with Crippen molar-refractivity contribution in [1.29, 1.82) is 0 Å². The van der Waals surface area contributed by atoms with E-state index in [1.54, 1.807) is 0 Å². The summed E-state index contributed by atoms with van der Waals surface area (Å²) in [6, 6.07) is 5.45. The number of halogens is 1. The van der Waals surface area contributed by atoms with Gasteiger partial charge in [0.25, 0.3) is 5.91 Å². The van der Waals surface area contributed by atoms with Crippen LogP contribution in [0.15, 0.2) is 24.3 Å². The second-order valence-electron chi connectivity index (χ2n) is 4.23. The molecule has 2 rings (SSSR count). The molecule has 17 heavy (non-hydrogen) atoms. The summed E-state index contributed by atoms with van der Waals surface area (Å²) < 4.78 is 17.8. The number of carbonyl (C=O) groups excluding carboxylic acids is 1. The highest BCUT2D eigenvalue weighted by molar-refractivity contribution is 5.78. The van der Waals surface area contributed by atoms with Gasteiger partial charge in [-0.2, -0.15) is 0 Å². The van der Waals surface area contributed by atoms with Crippen LogP contribution in [-0.4, -0.2) is 29.8 Å². The summed E-state index contributed by atoms with van der Waals surface area (Å²) in [5.41, 5.74) is -0.427. The number of ether oxygens (including phenoxy) is 1. The lowest BCUT2D eigenvalue weighted by Gasteiger charge is -2.14. The predicted octanol–water partition coefficient (Wildman–Crippen LogP) is 0.846. The van der Waals surface area contributed by atoms with Crippen LogP contribution in [0.5, 0.6) is 5.75 Å². The number of aliphatic hydroxyl groups is 1. The number of amides is 1. The van der Waals surface area contributed by atoms with E-state index < -0.39 is 5.54 Å². The molecule has 1 aliphatic carbocycles. The minimum absolute atomic E-state index is 0.0463. The van der Waals surface area contributed by atoms with Gasteiger partial charge in [0.15, 0.2) is 6.61 Å². The molecular weight excluding hydrogens is 225 g/mol. The summed E-state index contributed by atoms with van der Waals surface area (Å²) in [5.74, 6) is -0.185. The first-order chi connectivity index (χ1) is 8.13. The molecule has 0 bridgehead atoms. The van der Waals surface area contributed by atoms with Crippen molar-refractivity contribution >= 4 is 5.91 Å². The third-order valence-electron chi connectivity index (χ3n) is 2.74. The molecule has 1 aromatic carbocycles. The second kappa shape index (κ2) is 4.71. The molecule has 1 amide bonds. The van der Waals surface area contributed by atoms with Gasteiger partial charge in [-0.25, -0.2) is 4.39 Å². The smallest absolute Gasteiger partial charge is 0.258 e. The highest BCUT2D eigenvalue weighted by Gasteiger charge is 2.43. The molecular formula is C12H14FNO3. The zero-order valence-electron chi connectivity index (χ0n) is 9.28. The van der Waals surface area contributed by atoms with Gasteiger partial charge in [-0.1, -0.05) is 0 Å². The summed E-state index contributed by atoms with van der Waals surface area (Å²) in [4.78, 5) is 11.5. The van der Waals surface area contributed by atoms with Gasteiger partial charge in [-0.05, 0) is 37.1 Å². The summed E-state index contributed by atoms with van der Waals surface area (Å²) in [6.07, 6.45) is 1.59.